The van der Waals surface area contributed by atoms with E-state index in [-0.39, 0.29) is 17.4 Å². The third-order valence-corrected chi connectivity index (χ3v) is 5.17. The molecule has 12 heteroatoms. The van der Waals surface area contributed by atoms with Crippen LogP contribution in [0.4, 0.5) is 5.82 Å². The molecule has 1 saturated heterocycles. The smallest absolute Gasteiger partial charge is 0.303 e. The molecule has 5 N–H and O–H groups in total. The number of nitrogens with zero attached hydrogens (tertiary/aromatic N) is 4. The molecule has 0 bridgehead atoms. The summed E-state index contributed by atoms with van der Waals surface area (Å²) in [5, 5.41) is 37.1. The second-order valence-electron chi connectivity index (χ2n) is 7.59. The van der Waals surface area contributed by atoms with Crippen molar-refractivity contribution >= 4 is 23.2 Å². The van der Waals surface area contributed by atoms with Gasteiger partial charge >= 0.3 is 5.97 Å². The summed E-state index contributed by atoms with van der Waals surface area (Å²) in [5.74, 6) is -1.09. The Morgan fingerprint density at radius 3 is 2.77 bits per heavy atom. The first-order chi connectivity index (χ1) is 14.7. The van der Waals surface area contributed by atoms with Crippen molar-refractivity contribution in [1.29, 1.82) is 5.26 Å². The highest BCUT2D eigenvalue weighted by molar-refractivity contribution is 5.97. The predicted octanol–water partition coefficient (Wildman–Crippen LogP) is -0.946. The molecule has 1 aliphatic rings. The van der Waals surface area contributed by atoms with Crippen molar-refractivity contribution in [2.45, 2.75) is 50.7 Å². The highest BCUT2D eigenvalue weighted by atomic mass is 16.6. The van der Waals surface area contributed by atoms with Crippen molar-refractivity contribution in [1.82, 2.24) is 14.6 Å². The van der Waals surface area contributed by atoms with E-state index in [1.165, 1.54) is 16.6 Å². The maximum atomic E-state index is 12.4. The SMILES string of the molecule is CC(=O)O[C@H]1[C@@H](O)[C@](C#N)(c2ccc3c(NC(=O)[C@@H](N)C(C)C)ncnn23)O[C@@H]1CO. The molecule has 0 spiro atoms. The topological polar surface area (TPSA) is 185 Å². The van der Waals surface area contributed by atoms with Crippen LogP contribution in [0.15, 0.2) is 18.5 Å². The van der Waals surface area contributed by atoms with Crippen LogP contribution in [0.3, 0.4) is 0 Å². The molecule has 0 radical (unpaired) electrons. The molecule has 0 aromatic carbocycles. The maximum Gasteiger partial charge on any atom is 0.303 e. The second kappa shape index (κ2) is 8.56. The molecule has 5 atom stereocenters. The number of anilines is 1. The molecule has 2 aromatic heterocycles. The van der Waals surface area contributed by atoms with Gasteiger partial charge in [0.25, 0.3) is 0 Å². The number of carbonyl (C=O) groups is 2. The molecule has 3 heterocycles. The highest BCUT2D eigenvalue weighted by Gasteiger charge is 2.59. The third kappa shape index (κ3) is 3.84. The minimum Gasteiger partial charge on any atom is -0.457 e. The molecule has 31 heavy (non-hydrogen) atoms. The van der Waals surface area contributed by atoms with Gasteiger partial charge in [-0.25, -0.2) is 9.50 Å². The molecule has 0 aliphatic carbocycles. The van der Waals surface area contributed by atoms with Crippen molar-refractivity contribution in [2.75, 3.05) is 11.9 Å². The molecule has 1 aliphatic heterocycles. The number of nitrogens with two attached hydrogens (primary N) is 1. The van der Waals surface area contributed by atoms with E-state index in [1.807, 2.05) is 19.9 Å². The molecule has 2 aromatic rings. The lowest BCUT2D eigenvalue weighted by molar-refractivity contribution is -0.153. The van der Waals surface area contributed by atoms with E-state index >= 15 is 0 Å². The Morgan fingerprint density at radius 2 is 2.19 bits per heavy atom. The zero-order chi connectivity index (χ0) is 22.9. The number of nitriles is 1. The Bertz CT molecular complexity index is 1030. The number of aliphatic hydroxyl groups excluding tert-OH is 2. The molecular weight excluding hydrogens is 408 g/mol. The lowest BCUT2D eigenvalue weighted by atomic mass is 9.92. The quantitative estimate of drug-likeness (QED) is 0.415. The van der Waals surface area contributed by atoms with E-state index < -0.39 is 48.4 Å². The standard InChI is InChI=1S/C19H24N6O6/c1-9(2)14(21)18(29)24-17-11-4-5-13(25(11)23-8-22-17)19(7-20)16(28)15(30-10(3)27)12(6-26)31-19/h4-5,8-9,12,14-16,26,28H,6,21H2,1-3H3,(H,22,23,24,29)/t12-,14+,15-,16-,19+/m1/s1. The monoisotopic (exact) mass is 432 g/mol. The Hall–Kier alpha value is -3.11. The number of hydrogen-bond donors (Lipinski definition) is 4. The van der Waals surface area contributed by atoms with Crippen LogP contribution >= 0.6 is 0 Å². The van der Waals surface area contributed by atoms with Crippen LogP contribution in [0.25, 0.3) is 5.52 Å². The summed E-state index contributed by atoms with van der Waals surface area (Å²) in [5.41, 5.74) is 4.31. The van der Waals surface area contributed by atoms with Crippen LogP contribution < -0.4 is 11.1 Å². The van der Waals surface area contributed by atoms with Crippen molar-refractivity contribution in [2.24, 2.45) is 11.7 Å². The van der Waals surface area contributed by atoms with E-state index in [4.69, 9.17) is 15.2 Å². The van der Waals surface area contributed by atoms with Gasteiger partial charge in [0.15, 0.2) is 11.9 Å². The lowest BCUT2D eigenvalue weighted by Crippen LogP contribution is -2.42. The van der Waals surface area contributed by atoms with Crippen molar-refractivity contribution < 1.29 is 29.3 Å². The van der Waals surface area contributed by atoms with Crippen LogP contribution in [0.2, 0.25) is 0 Å². The van der Waals surface area contributed by atoms with Gasteiger partial charge in [0.1, 0.15) is 30.1 Å². The summed E-state index contributed by atoms with van der Waals surface area (Å²) >= 11 is 0. The molecular formula is C19H24N6O6. The van der Waals surface area contributed by atoms with Crippen LogP contribution in [0, 0.1) is 17.2 Å². The average Bonchev–Trinajstić information content (AvgIpc) is 3.28. The van der Waals surface area contributed by atoms with Gasteiger partial charge < -0.3 is 30.7 Å². The van der Waals surface area contributed by atoms with Gasteiger partial charge in [0.2, 0.25) is 11.5 Å². The maximum absolute atomic E-state index is 12.4. The van der Waals surface area contributed by atoms with E-state index in [0.29, 0.717) is 5.52 Å². The number of fused-ring (bicyclic) bond motifs is 1. The fraction of sp³-hybridized carbons (Fsp3) is 0.526. The fourth-order valence-electron chi connectivity index (χ4n) is 3.46. The summed E-state index contributed by atoms with van der Waals surface area (Å²) in [6.07, 6.45) is -2.85. The highest BCUT2D eigenvalue weighted by Crippen LogP contribution is 2.41. The molecule has 1 fully saturated rings. The molecule has 3 rings (SSSR count). The first-order valence-electron chi connectivity index (χ1n) is 9.61. The van der Waals surface area contributed by atoms with E-state index in [9.17, 15) is 25.1 Å². The number of carbonyl (C=O) groups excluding carboxylic acids is 2. The van der Waals surface area contributed by atoms with Gasteiger partial charge in [-0.1, -0.05) is 13.8 Å². The van der Waals surface area contributed by atoms with E-state index in [0.717, 1.165) is 13.3 Å². The van der Waals surface area contributed by atoms with Crippen molar-refractivity contribution in [3.8, 4) is 6.07 Å². The number of aliphatic hydroxyl groups is 2. The molecule has 1 amide bonds. The van der Waals surface area contributed by atoms with Crippen LogP contribution in [-0.2, 0) is 24.7 Å². The van der Waals surface area contributed by atoms with Crippen LogP contribution in [0.1, 0.15) is 26.5 Å². The Balaban J connectivity index is 2.04. The van der Waals surface area contributed by atoms with Crippen molar-refractivity contribution in [3.05, 3.63) is 24.2 Å². The normalized spacial score (nSPS) is 26.6. The van der Waals surface area contributed by atoms with Gasteiger partial charge in [0.05, 0.1) is 18.3 Å². The predicted molar refractivity (Wildman–Crippen MR) is 105 cm³/mol. The van der Waals surface area contributed by atoms with Crippen LogP contribution in [0.5, 0.6) is 0 Å². The lowest BCUT2D eigenvalue weighted by Gasteiger charge is -2.24. The summed E-state index contributed by atoms with van der Waals surface area (Å²) < 4.78 is 12.0. The van der Waals surface area contributed by atoms with Crippen molar-refractivity contribution in [3.63, 3.8) is 0 Å². The molecule has 12 nitrogen and oxygen atoms in total. The number of ether oxygens (including phenoxy) is 2. The number of rotatable bonds is 6. The average molecular weight is 432 g/mol. The first kappa shape index (κ1) is 22.6. The van der Waals surface area contributed by atoms with Gasteiger partial charge in [-0.15, -0.1) is 0 Å². The molecule has 0 unspecified atom stereocenters. The largest absolute Gasteiger partial charge is 0.457 e. The summed E-state index contributed by atoms with van der Waals surface area (Å²) in [4.78, 5) is 27.9. The van der Waals surface area contributed by atoms with Gasteiger partial charge in [0, 0.05) is 6.92 Å². The first-order valence-corrected chi connectivity index (χ1v) is 9.61. The number of nitrogens with one attached hydrogen (secondary N) is 1. The number of aromatic nitrogens is 3. The van der Waals surface area contributed by atoms with E-state index in [1.54, 1.807) is 0 Å². The third-order valence-electron chi connectivity index (χ3n) is 5.17. The summed E-state index contributed by atoms with van der Waals surface area (Å²) in [6, 6.07) is 4.17. The zero-order valence-corrected chi connectivity index (χ0v) is 17.2. The minimum atomic E-state index is -2.00. The Labute approximate surface area is 177 Å². The van der Waals surface area contributed by atoms with Gasteiger partial charge in [-0.2, -0.15) is 10.4 Å². The number of amides is 1. The zero-order valence-electron chi connectivity index (χ0n) is 17.2. The fourth-order valence-corrected chi connectivity index (χ4v) is 3.46. The minimum absolute atomic E-state index is 0.0993. The van der Waals surface area contributed by atoms with Gasteiger partial charge in [-0.3, -0.25) is 9.59 Å². The number of esters is 1. The molecule has 166 valence electrons. The Morgan fingerprint density at radius 1 is 1.48 bits per heavy atom. The summed E-state index contributed by atoms with van der Waals surface area (Å²) in [7, 11) is 0. The van der Waals surface area contributed by atoms with E-state index in [2.05, 4.69) is 15.4 Å². The second-order valence-corrected chi connectivity index (χ2v) is 7.59. The Kier molecular flexibility index (Phi) is 6.23. The summed E-state index contributed by atoms with van der Waals surface area (Å²) in [6.45, 7) is 4.17. The van der Waals surface area contributed by atoms with Gasteiger partial charge in [-0.05, 0) is 18.1 Å². The molecule has 0 saturated carbocycles. The van der Waals surface area contributed by atoms with Crippen LogP contribution in [-0.4, -0.2) is 67.6 Å². The number of hydrogen-bond acceptors (Lipinski definition) is 10.